The van der Waals surface area contributed by atoms with Crippen LogP contribution in [-0.4, -0.2) is 65.7 Å². The zero-order chi connectivity index (χ0) is 47.6. The first-order valence-electron chi connectivity index (χ1n) is 27.6. The Labute approximate surface area is 400 Å². The molecular formula is C54H105O10P. The number of carbonyl (C=O) groups excluding carboxylic acids is 2. The van der Waals surface area contributed by atoms with Crippen LogP contribution in [0.15, 0.2) is 12.2 Å². The molecule has 0 heterocycles. The smallest absolute Gasteiger partial charge is 0.462 e. The average molecular weight is 945 g/mol. The molecule has 3 atom stereocenters. The van der Waals surface area contributed by atoms with Crippen LogP contribution in [0.25, 0.3) is 0 Å². The van der Waals surface area contributed by atoms with E-state index in [4.69, 9.17) is 23.6 Å². The zero-order valence-electron chi connectivity index (χ0n) is 42.5. The molecule has 0 rings (SSSR count). The highest BCUT2D eigenvalue weighted by Gasteiger charge is 2.27. The Morgan fingerprint density at radius 1 is 0.446 bits per heavy atom. The molecule has 65 heavy (non-hydrogen) atoms. The largest absolute Gasteiger partial charge is 0.472 e. The predicted octanol–water partition coefficient (Wildman–Crippen LogP) is 15.9. The first-order valence-corrected chi connectivity index (χ1v) is 29.1. The Hall–Kier alpha value is -1.29. The minimum Gasteiger partial charge on any atom is -0.462 e. The van der Waals surface area contributed by atoms with E-state index in [1.54, 1.807) is 0 Å². The number of allylic oxidation sites excluding steroid dienone is 2. The molecular weight excluding hydrogens is 840 g/mol. The summed E-state index contributed by atoms with van der Waals surface area (Å²) in [6.07, 6.45) is 53.4. The number of rotatable bonds is 53. The Balaban J connectivity index is 4.11. The van der Waals surface area contributed by atoms with Crippen LogP contribution < -0.4 is 0 Å². The molecule has 0 aromatic carbocycles. The third kappa shape index (κ3) is 50.4. The highest BCUT2D eigenvalue weighted by atomic mass is 31.2. The zero-order valence-corrected chi connectivity index (χ0v) is 43.4. The van der Waals surface area contributed by atoms with E-state index in [0.29, 0.717) is 12.8 Å². The summed E-state index contributed by atoms with van der Waals surface area (Å²) in [5.41, 5.74) is 0. The molecule has 0 aliphatic rings. The van der Waals surface area contributed by atoms with Crippen molar-refractivity contribution in [3.63, 3.8) is 0 Å². The third-order valence-corrected chi connectivity index (χ3v) is 13.4. The number of esters is 2. The quantitative estimate of drug-likeness (QED) is 0.0233. The van der Waals surface area contributed by atoms with Crippen LogP contribution in [0, 0.1) is 0 Å². The Morgan fingerprint density at radius 2 is 0.769 bits per heavy atom. The second-order valence-corrected chi connectivity index (χ2v) is 20.4. The minimum absolute atomic E-state index is 0.186. The van der Waals surface area contributed by atoms with Gasteiger partial charge in [0.15, 0.2) is 6.10 Å². The van der Waals surface area contributed by atoms with Crippen molar-refractivity contribution in [3.05, 3.63) is 12.2 Å². The molecule has 11 heteroatoms. The number of hydrogen-bond donors (Lipinski definition) is 3. The lowest BCUT2D eigenvalue weighted by atomic mass is 10.0. The van der Waals surface area contributed by atoms with Gasteiger partial charge >= 0.3 is 19.8 Å². The van der Waals surface area contributed by atoms with E-state index in [-0.39, 0.29) is 19.4 Å². The lowest BCUT2D eigenvalue weighted by molar-refractivity contribution is -0.161. The Bertz CT molecular complexity index is 1090. The van der Waals surface area contributed by atoms with Gasteiger partial charge in [-0.1, -0.05) is 251 Å². The summed E-state index contributed by atoms with van der Waals surface area (Å²) in [4.78, 5) is 35.2. The molecule has 0 aliphatic carbocycles. The topological polar surface area (TPSA) is 149 Å². The molecule has 0 saturated carbocycles. The molecule has 3 N–H and O–H groups in total. The molecule has 0 radical (unpaired) electrons. The highest BCUT2D eigenvalue weighted by Crippen LogP contribution is 2.43. The van der Waals surface area contributed by atoms with Crippen molar-refractivity contribution in [1.82, 2.24) is 0 Å². The van der Waals surface area contributed by atoms with Crippen molar-refractivity contribution in [1.29, 1.82) is 0 Å². The van der Waals surface area contributed by atoms with Crippen LogP contribution in [0.4, 0.5) is 0 Å². The summed E-state index contributed by atoms with van der Waals surface area (Å²) in [5, 5.41) is 18.4. The maximum absolute atomic E-state index is 12.7. The Kier molecular flexibility index (Phi) is 49.6. The van der Waals surface area contributed by atoms with Crippen molar-refractivity contribution < 1.29 is 47.8 Å². The molecule has 0 saturated heterocycles. The van der Waals surface area contributed by atoms with Gasteiger partial charge in [0.05, 0.1) is 19.8 Å². The van der Waals surface area contributed by atoms with Crippen LogP contribution in [0.5, 0.6) is 0 Å². The predicted molar refractivity (Wildman–Crippen MR) is 270 cm³/mol. The first-order chi connectivity index (χ1) is 31.7. The van der Waals surface area contributed by atoms with E-state index in [9.17, 15) is 24.2 Å². The maximum atomic E-state index is 12.7. The van der Waals surface area contributed by atoms with Gasteiger partial charge in [0, 0.05) is 12.8 Å². The summed E-state index contributed by atoms with van der Waals surface area (Å²) in [6.45, 7) is 2.43. The fourth-order valence-corrected chi connectivity index (χ4v) is 8.97. The number of aliphatic hydroxyl groups excluding tert-OH is 2. The van der Waals surface area contributed by atoms with Crippen molar-refractivity contribution in [3.8, 4) is 0 Å². The molecule has 0 aromatic heterocycles. The second-order valence-electron chi connectivity index (χ2n) is 19.0. The normalized spacial score (nSPS) is 13.6. The number of unbranched alkanes of at least 4 members (excludes halogenated alkanes) is 37. The molecule has 386 valence electrons. The number of carbonyl (C=O) groups is 2. The number of hydrogen-bond acceptors (Lipinski definition) is 9. The van der Waals surface area contributed by atoms with Crippen molar-refractivity contribution >= 4 is 19.8 Å². The third-order valence-electron chi connectivity index (χ3n) is 12.4. The minimum atomic E-state index is -4.63. The van der Waals surface area contributed by atoms with Crippen LogP contribution in [-0.2, 0) is 32.7 Å². The van der Waals surface area contributed by atoms with Gasteiger partial charge in [0.2, 0.25) is 0 Å². The van der Waals surface area contributed by atoms with Crippen molar-refractivity contribution in [2.45, 2.75) is 296 Å². The maximum Gasteiger partial charge on any atom is 0.472 e. The number of aliphatic hydroxyl groups is 2. The van der Waals surface area contributed by atoms with Crippen LogP contribution in [0.2, 0.25) is 0 Å². The summed E-state index contributed by atoms with van der Waals surface area (Å²) < 4.78 is 32.9. The van der Waals surface area contributed by atoms with Gasteiger partial charge in [0.25, 0.3) is 0 Å². The Morgan fingerprint density at radius 3 is 1.15 bits per heavy atom. The SMILES string of the molecule is CCCCCCCCCCCCCCCCCCCC/C=C/CCCC(=O)OC[C@H](COP(=O)(O)OC[C@@H](O)CO)OC(=O)CCCCCCCCCCCCCCCCCCCCC. The van der Waals surface area contributed by atoms with E-state index >= 15 is 0 Å². The lowest BCUT2D eigenvalue weighted by Gasteiger charge is -2.20. The van der Waals surface area contributed by atoms with E-state index < -0.39 is 51.8 Å². The first kappa shape index (κ1) is 63.7. The number of phosphoric ester groups is 1. The number of phosphoric acid groups is 1. The molecule has 0 spiro atoms. The van der Waals surface area contributed by atoms with Crippen molar-refractivity contribution in [2.75, 3.05) is 26.4 Å². The van der Waals surface area contributed by atoms with Gasteiger partial charge in [-0.15, -0.1) is 0 Å². The summed E-state index contributed by atoms with van der Waals surface area (Å²) in [5.74, 6) is -0.942. The van der Waals surface area contributed by atoms with Gasteiger partial charge in [-0.25, -0.2) is 4.57 Å². The van der Waals surface area contributed by atoms with Gasteiger partial charge in [-0.05, 0) is 32.1 Å². The fourth-order valence-electron chi connectivity index (χ4n) is 8.18. The van der Waals surface area contributed by atoms with E-state index in [0.717, 1.165) is 32.1 Å². The standard InChI is InChI=1S/C54H105O10P/c1-3-5-7-9-11-13-15-17-19-21-23-24-25-26-28-29-31-33-35-37-39-41-43-45-53(57)61-49-52(50-63-65(59,60)62-48-51(56)47-55)64-54(58)46-44-42-40-38-36-34-32-30-27-22-20-18-16-14-12-10-8-6-4-2/h37,39,51-52,55-56H,3-36,38,40-50H2,1-2H3,(H,59,60)/b39-37+/t51-,52+/m0/s1. The molecule has 0 bridgehead atoms. The van der Waals surface area contributed by atoms with Gasteiger partial charge < -0.3 is 24.6 Å². The van der Waals surface area contributed by atoms with E-state index in [2.05, 4.69) is 26.0 Å². The monoisotopic (exact) mass is 945 g/mol. The van der Waals surface area contributed by atoms with Crippen LogP contribution in [0.1, 0.15) is 284 Å². The fraction of sp³-hybridized carbons (Fsp3) is 0.926. The second kappa shape index (κ2) is 50.6. The van der Waals surface area contributed by atoms with Crippen LogP contribution >= 0.6 is 7.82 Å². The molecule has 0 aliphatic heterocycles. The summed E-state index contributed by atoms with van der Waals surface area (Å²) >= 11 is 0. The van der Waals surface area contributed by atoms with E-state index in [1.165, 1.54) is 212 Å². The lowest BCUT2D eigenvalue weighted by Crippen LogP contribution is -2.29. The van der Waals surface area contributed by atoms with Crippen LogP contribution in [0.3, 0.4) is 0 Å². The molecule has 0 amide bonds. The summed E-state index contributed by atoms with van der Waals surface area (Å²) in [7, 11) is -4.63. The van der Waals surface area contributed by atoms with Gasteiger partial charge in [-0.2, -0.15) is 0 Å². The average Bonchev–Trinajstić information content (AvgIpc) is 3.30. The number of ether oxygens (including phenoxy) is 2. The van der Waals surface area contributed by atoms with Gasteiger partial charge in [0.1, 0.15) is 12.7 Å². The molecule has 0 aromatic rings. The highest BCUT2D eigenvalue weighted by molar-refractivity contribution is 7.47. The molecule has 10 nitrogen and oxygen atoms in total. The van der Waals surface area contributed by atoms with E-state index in [1.807, 2.05) is 0 Å². The molecule has 0 fully saturated rings. The summed E-state index contributed by atoms with van der Waals surface area (Å²) in [6, 6.07) is 0. The van der Waals surface area contributed by atoms with Crippen molar-refractivity contribution in [2.24, 2.45) is 0 Å². The molecule has 1 unspecified atom stereocenters. The van der Waals surface area contributed by atoms with Gasteiger partial charge in [-0.3, -0.25) is 18.6 Å².